The summed E-state index contributed by atoms with van der Waals surface area (Å²) in [4.78, 5) is 14.9. The zero-order valence-corrected chi connectivity index (χ0v) is 14.8. The van der Waals surface area contributed by atoms with Crippen molar-refractivity contribution in [2.75, 3.05) is 31.6 Å². The molecule has 2 heterocycles. The van der Waals surface area contributed by atoms with Crippen LogP contribution >= 0.6 is 0 Å². The lowest BCUT2D eigenvalue weighted by molar-refractivity contribution is -0.120. The van der Waals surface area contributed by atoms with E-state index in [1.807, 2.05) is 37.3 Å². The summed E-state index contributed by atoms with van der Waals surface area (Å²) in [5.74, 6) is 0.714. The highest BCUT2D eigenvalue weighted by Crippen LogP contribution is 2.43. The van der Waals surface area contributed by atoms with Crippen molar-refractivity contribution in [3.8, 4) is 5.69 Å². The van der Waals surface area contributed by atoms with Crippen molar-refractivity contribution < 1.29 is 9.53 Å². The third-order valence-electron chi connectivity index (χ3n) is 5.09. The van der Waals surface area contributed by atoms with Gasteiger partial charge >= 0.3 is 0 Å². The molecule has 1 aliphatic heterocycles. The number of anilines is 1. The fourth-order valence-corrected chi connectivity index (χ4v) is 3.44. The maximum absolute atomic E-state index is 12.6. The summed E-state index contributed by atoms with van der Waals surface area (Å²) in [7, 11) is 0. The molecule has 1 spiro atoms. The normalized spacial score (nSPS) is 19.1. The van der Waals surface area contributed by atoms with Gasteiger partial charge in [0.25, 0.3) is 0 Å². The molecule has 0 bridgehead atoms. The molecule has 1 aromatic heterocycles. The van der Waals surface area contributed by atoms with Crippen LogP contribution in [0.25, 0.3) is 5.69 Å². The molecule has 4 rings (SSSR count). The summed E-state index contributed by atoms with van der Waals surface area (Å²) in [6.45, 7) is 6.67. The maximum Gasteiger partial charge on any atom is 0.239 e. The Morgan fingerprint density at radius 1 is 1.28 bits per heavy atom. The molecule has 1 aliphatic carbocycles. The van der Waals surface area contributed by atoms with Gasteiger partial charge in [-0.2, -0.15) is 5.10 Å². The third-order valence-corrected chi connectivity index (χ3v) is 5.09. The Bertz CT molecular complexity index is 777. The SMILES string of the molecule is Cc1ccc(-n2nc(C)cc2NC(=O)CN2CCOCC23CC3)cc1. The van der Waals surface area contributed by atoms with Gasteiger partial charge in [-0.25, -0.2) is 4.68 Å². The van der Waals surface area contributed by atoms with Crippen LogP contribution in [0.3, 0.4) is 0 Å². The van der Waals surface area contributed by atoms with E-state index in [0.717, 1.165) is 37.4 Å². The topological polar surface area (TPSA) is 59.4 Å². The lowest BCUT2D eigenvalue weighted by atomic mass is 10.2. The van der Waals surface area contributed by atoms with Crippen molar-refractivity contribution in [2.45, 2.75) is 32.2 Å². The summed E-state index contributed by atoms with van der Waals surface area (Å²) >= 11 is 0. The van der Waals surface area contributed by atoms with E-state index in [1.165, 1.54) is 5.56 Å². The van der Waals surface area contributed by atoms with Gasteiger partial charge in [-0.1, -0.05) is 17.7 Å². The van der Waals surface area contributed by atoms with Crippen LogP contribution in [0.5, 0.6) is 0 Å². The average molecular weight is 340 g/mol. The monoisotopic (exact) mass is 340 g/mol. The Balaban J connectivity index is 1.49. The van der Waals surface area contributed by atoms with Crippen LogP contribution in [0.1, 0.15) is 24.1 Å². The van der Waals surface area contributed by atoms with E-state index in [9.17, 15) is 4.79 Å². The number of hydrogen-bond donors (Lipinski definition) is 1. The first-order chi connectivity index (χ1) is 12.1. The van der Waals surface area contributed by atoms with Crippen molar-refractivity contribution in [3.05, 3.63) is 41.6 Å². The number of hydrogen-bond acceptors (Lipinski definition) is 4. The Morgan fingerprint density at radius 2 is 2.04 bits per heavy atom. The molecule has 1 saturated carbocycles. The highest BCUT2D eigenvalue weighted by Gasteiger charge is 2.50. The van der Waals surface area contributed by atoms with Crippen LogP contribution in [0, 0.1) is 13.8 Å². The first-order valence-corrected chi connectivity index (χ1v) is 8.82. The molecule has 25 heavy (non-hydrogen) atoms. The Labute approximate surface area is 147 Å². The standard InChI is InChI=1S/C19H24N4O2/c1-14-3-5-16(6-4-14)23-17(11-15(2)21-23)20-18(24)12-22-9-10-25-13-19(22)7-8-19/h3-6,11H,7-10,12-13H2,1-2H3,(H,20,24). The van der Waals surface area contributed by atoms with Gasteiger partial charge in [0.2, 0.25) is 5.91 Å². The van der Waals surface area contributed by atoms with Crippen LogP contribution in [-0.4, -0.2) is 52.4 Å². The quantitative estimate of drug-likeness (QED) is 0.928. The second-order valence-electron chi connectivity index (χ2n) is 7.16. The molecular weight excluding hydrogens is 316 g/mol. The van der Waals surface area contributed by atoms with E-state index in [4.69, 9.17) is 4.74 Å². The molecule has 6 nitrogen and oxygen atoms in total. The Morgan fingerprint density at radius 3 is 2.76 bits per heavy atom. The molecule has 132 valence electrons. The zero-order chi connectivity index (χ0) is 17.4. The molecule has 1 saturated heterocycles. The van der Waals surface area contributed by atoms with Crippen LogP contribution in [0.2, 0.25) is 0 Å². The lowest BCUT2D eigenvalue weighted by Gasteiger charge is -2.35. The van der Waals surface area contributed by atoms with Crippen LogP contribution in [-0.2, 0) is 9.53 Å². The molecule has 0 atom stereocenters. The molecule has 0 radical (unpaired) electrons. The van der Waals surface area contributed by atoms with E-state index in [2.05, 4.69) is 22.2 Å². The minimum absolute atomic E-state index is 0.00133. The molecule has 2 aliphatic rings. The number of nitrogens with zero attached hydrogens (tertiary/aromatic N) is 3. The zero-order valence-electron chi connectivity index (χ0n) is 14.8. The fourth-order valence-electron chi connectivity index (χ4n) is 3.44. The number of aryl methyl sites for hydroxylation is 2. The smallest absolute Gasteiger partial charge is 0.239 e. The predicted molar refractivity (Wildman–Crippen MR) is 96.0 cm³/mol. The predicted octanol–water partition coefficient (Wildman–Crippen LogP) is 2.29. The second kappa shape index (κ2) is 6.28. The van der Waals surface area contributed by atoms with Crippen molar-refractivity contribution in [1.82, 2.24) is 14.7 Å². The van der Waals surface area contributed by atoms with Crippen molar-refractivity contribution >= 4 is 11.7 Å². The van der Waals surface area contributed by atoms with Gasteiger partial charge in [0.05, 0.1) is 31.1 Å². The molecule has 2 fully saturated rings. The number of ether oxygens (including phenoxy) is 1. The Hall–Kier alpha value is -2.18. The van der Waals surface area contributed by atoms with E-state index < -0.39 is 0 Å². The number of benzene rings is 1. The number of rotatable bonds is 4. The molecule has 0 unspecified atom stereocenters. The van der Waals surface area contributed by atoms with E-state index in [1.54, 1.807) is 4.68 Å². The number of carbonyl (C=O) groups excluding carboxylic acids is 1. The Kier molecular flexibility index (Phi) is 4.09. The molecule has 1 N–H and O–H groups in total. The average Bonchev–Trinajstić information content (AvgIpc) is 3.26. The van der Waals surface area contributed by atoms with Gasteiger partial charge in [0.1, 0.15) is 5.82 Å². The lowest BCUT2D eigenvalue weighted by Crippen LogP contribution is -2.50. The van der Waals surface area contributed by atoms with Gasteiger partial charge in [0.15, 0.2) is 0 Å². The summed E-state index contributed by atoms with van der Waals surface area (Å²) in [5, 5.41) is 7.56. The number of carbonyl (C=O) groups is 1. The van der Waals surface area contributed by atoms with Crippen molar-refractivity contribution in [1.29, 1.82) is 0 Å². The first-order valence-electron chi connectivity index (χ1n) is 8.82. The minimum Gasteiger partial charge on any atom is -0.378 e. The maximum atomic E-state index is 12.6. The fraction of sp³-hybridized carbons (Fsp3) is 0.474. The van der Waals surface area contributed by atoms with Crippen molar-refractivity contribution in [2.24, 2.45) is 0 Å². The summed E-state index contributed by atoms with van der Waals surface area (Å²) in [6.07, 6.45) is 2.25. The summed E-state index contributed by atoms with van der Waals surface area (Å²) < 4.78 is 7.37. The molecular formula is C19H24N4O2. The summed E-state index contributed by atoms with van der Waals surface area (Å²) in [6, 6.07) is 10.0. The van der Waals surface area contributed by atoms with E-state index >= 15 is 0 Å². The van der Waals surface area contributed by atoms with Gasteiger partial charge < -0.3 is 10.1 Å². The van der Waals surface area contributed by atoms with Crippen molar-refractivity contribution in [3.63, 3.8) is 0 Å². The highest BCUT2D eigenvalue weighted by atomic mass is 16.5. The van der Waals surface area contributed by atoms with Gasteiger partial charge in [-0.05, 0) is 38.8 Å². The highest BCUT2D eigenvalue weighted by molar-refractivity contribution is 5.92. The van der Waals surface area contributed by atoms with Gasteiger partial charge in [-0.15, -0.1) is 0 Å². The second-order valence-corrected chi connectivity index (χ2v) is 7.16. The van der Waals surface area contributed by atoms with Crippen LogP contribution in [0.15, 0.2) is 30.3 Å². The van der Waals surface area contributed by atoms with Gasteiger partial charge in [-0.3, -0.25) is 9.69 Å². The number of amides is 1. The molecule has 6 heteroatoms. The molecule has 2 aromatic rings. The van der Waals surface area contributed by atoms with Crippen LogP contribution in [0.4, 0.5) is 5.82 Å². The molecule has 1 aromatic carbocycles. The largest absolute Gasteiger partial charge is 0.378 e. The number of morpholine rings is 1. The van der Waals surface area contributed by atoms with Crippen LogP contribution < -0.4 is 5.32 Å². The van der Waals surface area contributed by atoms with Gasteiger partial charge in [0, 0.05) is 18.2 Å². The molecule has 1 amide bonds. The number of aromatic nitrogens is 2. The van der Waals surface area contributed by atoms with E-state index in [-0.39, 0.29) is 11.4 Å². The van der Waals surface area contributed by atoms with E-state index in [0.29, 0.717) is 19.0 Å². The third kappa shape index (κ3) is 3.32. The summed E-state index contributed by atoms with van der Waals surface area (Å²) in [5.41, 5.74) is 3.13. The number of nitrogens with one attached hydrogen (secondary N) is 1. The minimum atomic E-state index is 0.00133. The first kappa shape index (κ1) is 16.3.